The Labute approximate surface area is 153 Å². The minimum atomic E-state index is -0.117. The first-order valence-corrected chi connectivity index (χ1v) is 9.16. The van der Waals surface area contributed by atoms with Gasteiger partial charge >= 0.3 is 0 Å². The highest BCUT2D eigenvalue weighted by atomic mass is 16.5. The number of anilines is 3. The van der Waals surface area contributed by atoms with Crippen molar-refractivity contribution in [1.29, 1.82) is 0 Å². The number of rotatable bonds is 5. The Kier molecular flexibility index (Phi) is 4.75. The molecule has 2 fully saturated rings. The van der Waals surface area contributed by atoms with Crippen molar-refractivity contribution >= 4 is 23.1 Å². The van der Waals surface area contributed by atoms with E-state index in [9.17, 15) is 4.79 Å². The summed E-state index contributed by atoms with van der Waals surface area (Å²) < 4.78 is 5.41. The lowest BCUT2D eigenvalue weighted by Gasteiger charge is -2.29. The number of aromatic nitrogens is 1. The average Bonchev–Trinajstić information content (AvgIpc) is 3.48. The van der Waals surface area contributed by atoms with Gasteiger partial charge in [-0.05, 0) is 55.7 Å². The molecular formula is C20H24N4O2. The molecular weight excluding hydrogens is 328 g/mol. The van der Waals surface area contributed by atoms with Gasteiger partial charge in [0, 0.05) is 42.3 Å². The first-order valence-electron chi connectivity index (χ1n) is 9.16. The van der Waals surface area contributed by atoms with Gasteiger partial charge < -0.3 is 20.3 Å². The minimum Gasteiger partial charge on any atom is -0.378 e. The van der Waals surface area contributed by atoms with Gasteiger partial charge in [0.25, 0.3) is 5.91 Å². The molecule has 0 unspecified atom stereocenters. The third kappa shape index (κ3) is 3.96. The van der Waals surface area contributed by atoms with E-state index >= 15 is 0 Å². The lowest BCUT2D eigenvalue weighted by atomic mass is 10.1. The van der Waals surface area contributed by atoms with Crippen molar-refractivity contribution in [2.24, 2.45) is 0 Å². The summed E-state index contributed by atoms with van der Waals surface area (Å²) >= 11 is 0. The number of benzene rings is 1. The Morgan fingerprint density at radius 2 is 2.00 bits per heavy atom. The van der Waals surface area contributed by atoms with Gasteiger partial charge in [-0.3, -0.25) is 4.79 Å². The molecule has 0 atom stereocenters. The zero-order chi connectivity index (χ0) is 17.9. The normalized spacial score (nSPS) is 17.0. The molecule has 6 nitrogen and oxygen atoms in total. The van der Waals surface area contributed by atoms with Crippen molar-refractivity contribution < 1.29 is 9.53 Å². The third-order valence-corrected chi connectivity index (χ3v) is 4.79. The molecule has 1 aliphatic heterocycles. The average molecular weight is 352 g/mol. The zero-order valence-electron chi connectivity index (χ0n) is 15.0. The van der Waals surface area contributed by atoms with Crippen molar-refractivity contribution in [3.63, 3.8) is 0 Å². The molecule has 4 rings (SSSR count). The van der Waals surface area contributed by atoms with Gasteiger partial charge in [-0.2, -0.15) is 0 Å². The van der Waals surface area contributed by atoms with Crippen LogP contribution in [0.1, 0.15) is 28.8 Å². The summed E-state index contributed by atoms with van der Waals surface area (Å²) in [5, 5.41) is 6.34. The molecule has 1 saturated carbocycles. The van der Waals surface area contributed by atoms with Crippen molar-refractivity contribution in [3.05, 3.63) is 47.7 Å². The highest BCUT2D eigenvalue weighted by Crippen LogP contribution is 2.25. The Hall–Kier alpha value is -2.60. The summed E-state index contributed by atoms with van der Waals surface area (Å²) in [7, 11) is 0. The Bertz CT molecular complexity index is 798. The van der Waals surface area contributed by atoms with Crippen LogP contribution in [0.25, 0.3) is 0 Å². The number of amides is 1. The molecule has 0 bridgehead atoms. The highest BCUT2D eigenvalue weighted by molar-refractivity contribution is 6.05. The molecule has 1 aromatic heterocycles. The van der Waals surface area contributed by atoms with Gasteiger partial charge in [0.1, 0.15) is 5.82 Å². The second-order valence-electron chi connectivity index (χ2n) is 6.90. The lowest BCUT2D eigenvalue weighted by Crippen LogP contribution is -2.36. The topological polar surface area (TPSA) is 66.5 Å². The summed E-state index contributed by atoms with van der Waals surface area (Å²) in [6.07, 6.45) is 4.02. The van der Waals surface area contributed by atoms with Crippen LogP contribution in [-0.4, -0.2) is 43.2 Å². The van der Waals surface area contributed by atoms with E-state index in [4.69, 9.17) is 4.74 Å². The molecule has 1 amide bonds. The number of carbonyl (C=O) groups is 1. The fourth-order valence-electron chi connectivity index (χ4n) is 3.09. The van der Waals surface area contributed by atoms with Crippen LogP contribution in [0.5, 0.6) is 0 Å². The van der Waals surface area contributed by atoms with Crippen molar-refractivity contribution in [2.75, 3.05) is 41.8 Å². The predicted octanol–water partition coefficient (Wildman–Crippen LogP) is 3.05. The van der Waals surface area contributed by atoms with Crippen LogP contribution in [0, 0.1) is 6.92 Å². The molecule has 1 aliphatic carbocycles. The molecule has 2 aromatic rings. The van der Waals surface area contributed by atoms with Crippen LogP contribution in [0.4, 0.5) is 17.2 Å². The zero-order valence-corrected chi connectivity index (χ0v) is 15.0. The van der Waals surface area contributed by atoms with Gasteiger partial charge in [-0.1, -0.05) is 0 Å². The fraction of sp³-hybridized carbons (Fsp3) is 0.400. The van der Waals surface area contributed by atoms with Crippen molar-refractivity contribution in [3.8, 4) is 0 Å². The molecule has 2 heterocycles. The maximum absolute atomic E-state index is 12.6. The molecule has 1 saturated heterocycles. The molecule has 0 radical (unpaired) electrons. The summed E-state index contributed by atoms with van der Waals surface area (Å²) in [5.41, 5.74) is 3.66. The molecule has 1 aromatic carbocycles. The number of nitrogens with zero attached hydrogens (tertiary/aromatic N) is 2. The summed E-state index contributed by atoms with van der Waals surface area (Å²) in [6, 6.07) is 10.2. The van der Waals surface area contributed by atoms with Crippen molar-refractivity contribution in [2.45, 2.75) is 25.8 Å². The van der Waals surface area contributed by atoms with E-state index in [0.717, 1.165) is 43.4 Å². The number of aryl methyl sites for hydroxylation is 1. The number of hydrogen-bond acceptors (Lipinski definition) is 5. The number of nitrogens with one attached hydrogen (secondary N) is 2. The Morgan fingerprint density at radius 3 is 2.73 bits per heavy atom. The van der Waals surface area contributed by atoms with E-state index in [1.807, 2.05) is 19.1 Å². The number of pyridine rings is 1. The van der Waals surface area contributed by atoms with E-state index in [1.165, 1.54) is 18.5 Å². The molecule has 26 heavy (non-hydrogen) atoms. The van der Waals surface area contributed by atoms with Gasteiger partial charge in [0.2, 0.25) is 0 Å². The number of morpholine rings is 1. The van der Waals surface area contributed by atoms with Crippen LogP contribution >= 0.6 is 0 Å². The first-order chi connectivity index (χ1) is 12.7. The largest absolute Gasteiger partial charge is 0.378 e. The Morgan fingerprint density at radius 1 is 1.19 bits per heavy atom. The minimum absolute atomic E-state index is 0.117. The number of carbonyl (C=O) groups excluding carboxylic acids is 1. The van der Waals surface area contributed by atoms with Crippen LogP contribution in [-0.2, 0) is 4.74 Å². The van der Waals surface area contributed by atoms with Crippen LogP contribution in [0.15, 0.2) is 36.5 Å². The smallest absolute Gasteiger partial charge is 0.255 e. The standard InChI is InChI=1S/C20H24N4O2/c1-14-12-17(24-8-10-26-11-9-24)4-5-18(14)23-20(25)15-6-7-21-19(13-15)22-16-2-3-16/h4-7,12-13,16H,2-3,8-11H2,1H3,(H,21,22)(H,23,25). The van der Waals surface area contributed by atoms with E-state index < -0.39 is 0 Å². The molecule has 6 heteroatoms. The third-order valence-electron chi connectivity index (χ3n) is 4.79. The van der Waals surface area contributed by atoms with E-state index in [1.54, 1.807) is 12.3 Å². The lowest BCUT2D eigenvalue weighted by molar-refractivity contribution is 0.102. The number of hydrogen-bond donors (Lipinski definition) is 2. The summed E-state index contributed by atoms with van der Waals surface area (Å²) in [6.45, 7) is 5.34. The van der Waals surface area contributed by atoms with Gasteiger partial charge in [0.15, 0.2) is 0 Å². The summed E-state index contributed by atoms with van der Waals surface area (Å²) in [5.74, 6) is 0.646. The van der Waals surface area contributed by atoms with Gasteiger partial charge in [0.05, 0.1) is 13.2 Å². The predicted molar refractivity (Wildman–Crippen MR) is 103 cm³/mol. The molecule has 136 valence electrons. The first kappa shape index (κ1) is 16.8. The van der Waals surface area contributed by atoms with Crippen molar-refractivity contribution in [1.82, 2.24) is 4.98 Å². The maximum atomic E-state index is 12.6. The Balaban J connectivity index is 1.45. The maximum Gasteiger partial charge on any atom is 0.255 e. The van der Waals surface area contributed by atoms with Crippen LogP contribution < -0.4 is 15.5 Å². The van der Waals surface area contributed by atoms with Gasteiger partial charge in [-0.25, -0.2) is 4.98 Å². The van der Waals surface area contributed by atoms with E-state index in [-0.39, 0.29) is 5.91 Å². The monoisotopic (exact) mass is 352 g/mol. The number of ether oxygens (including phenoxy) is 1. The molecule has 2 N–H and O–H groups in total. The van der Waals surface area contributed by atoms with E-state index in [2.05, 4.69) is 32.7 Å². The molecule has 0 spiro atoms. The van der Waals surface area contributed by atoms with Gasteiger partial charge in [-0.15, -0.1) is 0 Å². The highest BCUT2D eigenvalue weighted by Gasteiger charge is 2.21. The second kappa shape index (κ2) is 7.33. The van der Waals surface area contributed by atoms with Crippen LogP contribution in [0.2, 0.25) is 0 Å². The quantitative estimate of drug-likeness (QED) is 0.866. The summed E-state index contributed by atoms with van der Waals surface area (Å²) in [4.78, 5) is 19.2. The second-order valence-corrected chi connectivity index (χ2v) is 6.90. The molecule has 2 aliphatic rings. The van der Waals surface area contributed by atoms with Crippen LogP contribution in [0.3, 0.4) is 0 Å². The fourth-order valence-corrected chi connectivity index (χ4v) is 3.09. The SMILES string of the molecule is Cc1cc(N2CCOCC2)ccc1NC(=O)c1ccnc(NC2CC2)c1. The van der Waals surface area contributed by atoms with E-state index in [0.29, 0.717) is 11.6 Å².